The first-order chi connectivity index (χ1) is 8.17. The van der Waals surface area contributed by atoms with Gasteiger partial charge in [-0.15, -0.1) is 22.2 Å². The van der Waals surface area contributed by atoms with E-state index in [1.165, 1.54) is 25.7 Å². The summed E-state index contributed by atoms with van der Waals surface area (Å²) >= 11 is 12.8. The molecule has 3 heteroatoms. The maximum absolute atomic E-state index is 6.42. The second kappa shape index (κ2) is 7.96. The van der Waals surface area contributed by atoms with Crippen LogP contribution in [0.4, 0.5) is 0 Å². The van der Waals surface area contributed by atoms with E-state index < -0.39 is 6.69 Å². The highest BCUT2D eigenvalue weighted by Crippen LogP contribution is 2.17. The first-order valence-corrected chi connectivity index (χ1v) is 10.4. The average Bonchev–Trinajstić information content (AvgIpc) is 2.35. The van der Waals surface area contributed by atoms with E-state index in [2.05, 4.69) is 13.0 Å². The van der Waals surface area contributed by atoms with Crippen molar-refractivity contribution >= 4 is 34.0 Å². The van der Waals surface area contributed by atoms with Crippen molar-refractivity contribution in [3.8, 4) is 0 Å². The lowest BCUT2D eigenvalue weighted by molar-refractivity contribution is 0.674. The number of benzene rings is 1. The maximum atomic E-state index is 6.42. The fourth-order valence-corrected chi connectivity index (χ4v) is 4.26. The Bertz CT molecular complexity index is 333. The largest absolute Gasteiger partial charge is 0.303 e. The summed E-state index contributed by atoms with van der Waals surface area (Å²) in [6.45, 7) is -0.161. The first-order valence-electron chi connectivity index (χ1n) is 6.28. The Labute approximate surface area is 115 Å². The standard InChI is InChI=1S/C14H20Cl2Si/c1-2-3-4-5-6-10-13-17(15,16)14-11-8-7-9-12-14/h7-13H,2-6H2,1H3. The third-order valence-electron chi connectivity index (χ3n) is 2.71. The number of hydrogen-bond donors (Lipinski definition) is 0. The molecule has 0 bridgehead atoms. The van der Waals surface area contributed by atoms with Crippen molar-refractivity contribution in [3.05, 3.63) is 42.1 Å². The van der Waals surface area contributed by atoms with Crippen LogP contribution in [0.2, 0.25) is 0 Å². The van der Waals surface area contributed by atoms with Crippen molar-refractivity contribution in [1.82, 2.24) is 0 Å². The molecule has 0 aliphatic rings. The summed E-state index contributed by atoms with van der Waals surface area (Å²) < 4.78 is 0. The monoisotopic (exact) mass is 286 g/mol. The van der Waals surface area contributed by atoms with E-state index in [1.54, 1.807) is 0 Å². The molecule has 0 aliphatic heterocycles. The topological polar surface area (TPSA) is 0 Å². The number of hydrogen-bond acceptors (Lipinski definition) is 0. The zero-order valence-electron chi connectivity index (χ0n) is 10.3. The minimum Gasteiger partial charge on any atom is -0.134 e. The Hall–Kier alpha value is -0.243. The molecule has 0 saturated heterocycles. The van der Waals surface area contributed by atoms with E-state index in [4.69, 9.17) is 22.2 Å². The van der Waals surface area contributed by atoms with Gasteiger partial charge >= 0.3 is 6.69 Å². The van der Waals surface area contributed by atoms with Gasteiger partial charge in [0.05, 0.1) is 0 Å². The molecule has 0 atom stereocenters. The highest BCUT2D eigenvalue weighted by molar-refractivity contribution is 7.53. The first kappa shape index (κ1) is 14.8. The summed E-state index contributed by atoms with van der Waals surface area (Å²) in [5.74, 6) is 0. The Kier molecular flexibility index (Phi) is 6.94. The molecule has 0 amide bonds. The summed E-state index contributed by atoms with van der Waals surface area (Å²) in [5.41, 5.74) is 2.03. The van der Waals surface area contributed by atoms with Gasteiger partial charge in [-0.25, -0.2) is 0 Å². The maximum Gasteiger partial charge on any atom is 0.303 e. The molecule has 94 valence electrons. The summed E-state index contributed by atoms with van der Waals surface area (Å²) in [6.07, 6.45) is 8.35. The number of unbranched alkanes of at least 4 members (excludes halogenated alkanes) is 4. The van der Waals surface area contributed by atoms with Gasteiger partial charge in [0.25, 0.3) is 0 Å². The smallest absolute Gasteiger partial charge is 0.134 e. The molecule has 0 heterocycles. The van der Waals surface area contributed by atoms with Gasteiger partial charge in [-0.1, -0.05) is 68.3 Å². The lowest BCUT2D eigenvalue weighted by Crippen LogP contribution is -2.34. The fraction of sp³-hybridized carbons (Fsp3) is 0.429. The van der Waals surface area contributed by atoms with Crippen LogP contribution in [0.25, 0.3) is 0 Å². The van der Waals surface area contributed by atoms with E-state index in [0.717, 1.165) is 11.6 Å². The van der Waals surface area contributed by atoms with E-state index in [9.17, 15) is 0 Å². The third-order valence-corrected chi connectivity index (χ3v) is 6.53. The predicted octanol–water partition coefficient (Wildman–Crippen LogP) is 4.88. The van der Waals surface area contributed by atoms with Crippen molar-refractivity contribution in [2.45, 2.75) is 39.0 Å². The number of halogens is 2. The fourth-order valence-electron chi connectivity index (χ4n) is 1.68. The molecule has 17 heavy (non-hydrogen) atoms. The lowest BCUT2D eigenvalue weighted by atomic mass is 10.2. The summed E-state index contributed by atoms with van der Waals surface area (Å²) in [5, 5.41) is 1.06. The van der Waals surface area contributed by atoms with Crippen LogP contribution in [0.1, 0.15) is 39.0 Å². The van der Waals surface area contributed by atoms with Gasteiger partial charge in [-0.2, -0.15) is 0 Å². The summed E-state index contributed by atoms with van der Waals surface area (Å²) in [4.78, 5) is 0. The highest BCUT2D eigenvalue weighted by Gasteiger charge is 2.26. The van der Waals surface area contributed by atoms with Crippen molar-refractivity contribution in [1.29, 1.82) is 0 Å². The molecular formula is C14H20Cl2Si. The van der Waals surface area contributed by atoms with Crippen LogP contribution in [0, 0.1) is 0 Å². The second-order valence-electron chi connectivity index (χ2n) is 4.24. The molecule has 0 aromatic heterocycles. The highest BCUT2D eigenvalue weighted by atomic mass is 35.7. The lowest BCUT2D eigenvalue weighted by Gasteiger charge is -2.11. The molecule has 1 rings (SSSR count). The molecule has 0 unspecified atom stereocenters. The van der Waals surface area contributed by atoms with Crippen molar-refractivity contribution in [3.63, 3.8) is 0 Å². The molecule has 0 radical (unpaired) electrons. The van der Waals surface area contributed by atoms with Gasteiger partial charge in [0.2, 0.25) is 0 Å². The molecule has 0 fully saturated rings. The second-order valence-corrected chi connectivity index (χ2v) is 10.6. The van der Waals surface area contributed by atoms with Crippen LogP contribution in [-0.4, -0.2) is 6.69 Å². The molecule has 1 aromatic carbocycles. The molecule has 0 spiro atoms. The van der Waals surface area contributed by atoms with Crippen LogP contribution in [-0.2, 0) is 0 Å². The predicted molar refractivity (Wildman–Crippen MR) is 81.4 cm³/mol. The van der Waals surface area contributed by atoms with E-state index in [0.29, 0.717) is 0 Å². The number of rotatable bonds is 7. The molecule has 1 aromatic rings. The van der Waals surface area contributed by atoms with Crippen LogP contribution in [0.15, 0.2) is 42.1 Å². The van der Waals surface area contributed by atoms with Crippen LogP contribution >= 0.6 is 22.2 Å². The van der Waals surface area contributed by atoms with Crippen molar-refractivity contribution in [2.24, 2.45) is 0 Å². The van der Waals surface area contributed by atoms with Gasteiger partial charge in [0.15, 0.2) is 0 Å². The zero-order chi connectivity index (χ0) is 12.6. The number of allylic oxidation sites excluding steroid dienone is 1. The third kappa shape index (κ3) is 5.76. The van der Waals surface area contributed by atoms with E-state index in [1.807, 2.05) is 36.0 Å². The van der Waals surface area contributed by atoms with Gasteiger partial charge in [0, 0.05) is 0 Å². The SMILES string of the molecule is CCCCCCC=C[Si](Cl)(Cl)c1ccccc1. The van der Waals surface area contributed by atoms with Gasteiger partial charge in [0.1, 0.15) is 0 Å². The minimum absolute atomic E-state index is 1.06. The Balaban J connectivity index is 2.41. The zero-order valence-corrected chi connectivity index (χ0v) is 12.8. The van der Waals surface area contributed by atoms with Gasteiger partial charge in [-0.3, -0.25) is 0 Å². The van der Waals surface area contributed by atoms with Crippen molar-refractivity contribution in [2.75, 3.05) is 0 Å². The van der Waals surface area contributed by atoms with Crippen LogP contribution in [0.3, 0.4) is 0 Å². The minimum atomic E-state index is -2.38. The summed E-state index contributed by atoms with van der Waals surface area (Å²) in [6, 6.07) is 9.96. The van der Waals surface area contributed by atoms with Gasteiger partial charge < -0.3 is 0 Å². The van der Waals surface area contributed by atoms with E-state index >= 15 is 0 Å². The Morgan fingerprint density at radius 3 is 2.41 bits per heavy atom. The van der Waals surface area contributed by atoms with Crippen LogP contribution < -0.4 is 5.19 Å². The van der Waals surface area contributed by atoms with Crippen molar-refractivity contribution < 1.29 is 0 Å². The molecule has 0 aliphatic carbocycles. The molecular weight excluding hydrogens is 267 g/mol. The van der Waals surface area contributed by atoms with Crippen LogP contribution in [0.5, 0.6) is 0 Å². The quantitative estimate of drug-likeness (QED) is 0.381. The van der Waals surface area contributed by atoms with E-state index in [-0.39, 0.29) is 0 Å². The Morgan fingerprint density at radius 1 is 1.06 bits per heavy atom. The Morgan fingerprint density at radius 2 is 1.76 bits per heavy atom. The average molecular weight is 287 g/mol. The molecule has 0 nitrogen and oxygen atoms in total. The van der Waals surface area contributed by atoms with Gasteiger partial charge in [-0.05, 0) is 18.0 Å². The normalized spacial score (nSPS) is 12.2. The molecule has 0 saturated carbocycles. The molecule has 0 N–H and O–H groups in total. The summed E-state index contributed by atoms with van der Waals surface area (Å²) in [7, 11) is 0.